The fraction of sp³-hybridized carbons (Fsp3) is 0.583. The van der Waals surface area contributed by atoms with Crippen LogP contribution in [0, 0.1) is 5.41 Å². The van der Waals surface area contributed by atoms with Crippen molar-refractivity contribution >= 4 is 17.5 Å². The number of hydrogen-bond donors (Lipinski definition) is 2. The summed E-state index contributed by atoms with van der Waals surface area (Å²) < 4.78 is 0. The van der Waals surface area contributed by atoms with Crippen LogP contribution in [0.1, 0.15) is 37.7 Å². The van der Waals surface area contributed by atoms with Gasteiger partial charge in [-0.2, -0.15) is 5.10 Å². The van der Waals surface area contributed by atoms with Crippen molar-refractivity contribution in [1.82, 2.24) is 15.5 Å². The molecule has 0 spiro atoms. The number of nitrogens with zero attached hydrogens (tertiary/aromatic N) is 1. The highest BCUT2D eigenvalue weighted by Crippen LogP contribution is 2.23. The lowest BCUT2D eigenvalue weighted by Crippen LogP contribution is -2.32. The van der Waals surface area contributed by atoms with E-state index in [1.807, 2.05) is 0 Å². The first kappa shape index (κ1) is 14.7. The second-order valence-corrected chi connectivity index (χ2v) is 6.00. The van der Waals surface area contributed by atoms with Crippen molar-refractivity contribution in [2.45, 2.75) is 32.6 Å². The molecule has 1 heterocycles. The van der Waals surface area contributed by atoms with Gasteiger partial charge in [-0.1, -0.05) is 20.8 Å². The molecule has 0 saturated carbocycles. The van der Waals surface area contributed by atoms with Crippen LogP contribution in [-0.2, 0) is 0 Å². The standard InChI is InChI=1S/C12H18ClN3O2/c1-12(2,3)6-8(13)7-14-11(18)9-4-5-10(17)16-15-9/h4-5,8H,6-7H2,1-3H3,(H,14,18)(H,16,17). The summed E-state index contributed by atoms with van der Waals surface area (Å²) in [7, 11) is 0. The predicted molar refractivity (Wildman–Crippen MR) is 70.9 cm³/mol. The number of H-pyrrole nitrogens is 1. The van der Waals surface area contributed by atoms with Gasteiger partial charge in [-0.25, -0.2) is 5.10 Å². The molecule has 18 heavy (non-hydrogen) atoms. The smallest absolute Gasteiger partial charge is 0.271 e. The first-order valence-corrected chi connectivity index (χ1v) is 6.19. The summed E-state index contributed by atoms with van der Waals surface area (Å²) in [5.74, 6) is -0.342. The number of alkyl halides is 1. The van der Waals surface area contributed by atoms with Crippen LogP contribution >= 0.6 is 11.6 Å². The largest absolute Gasteiger partial charge is 0.349 e. The summed E-state index contributed by atoms with van der Waals surface area (Å²) in [6.07, 6.45) is 0.799. The molecule has 5 nitrogen and oxygen atoms in total. The van der Waals surface area contributed by atoms with Crippen molar-refractivity contribution in [3.63, 3.8) is 0 Å². The zero-order chi connectivity index (χ0) is 13.8. The van der Waals surface area contributed by atoms with Crippen molar-refractivity contribution in [2.24, 2.45) is 5.41 Å². The van der Waals surface area contributed by atoms with E-state index in [0.717, 1.165) is 6.42 Å². The molecule has 0 aromatic carbocycles. The minimum absolute atomic E-state index is 0.118. The maximum Gasteiger partial charge on any atom is 0.271 e. The van der Waals surface area contributed by atoms with Gasteiger partial charge in [0, 0.05) is 12.6 Å². The molecule has 100 valence electrons. The number of rotatable bonds is 4. The van der Waals surface area contributed by atoms with Gasteiger partial charge < -0.3 is 5.32 Å². The molecule has 0 saturated heterocycles. The lowest BCUT2D eigenvalue weighted by atomic mass is 9.90. The van der Waals surface area contributed by atoms with Crippen molar-refractivity contribution in [1.29, 1.82) is 0 Å². The van der Waals surface area contributed by atoms with Crippen molar-refractivity contribution < 1.29 is 4.79 Å². The van der Waals surface area contributed by atoms with Crippen LogP contribution in [0.2, 0.25) is 0 Å². The highest BCUT2D eigenvalue weighted by Gasteiger charge is 2.17. The van der Waals surface area contributed by atoms with Crippen molar-refractivity contribution in [3.05, 3.63) is 28.2 Å². The monoisotopic (exact) mass is 271 g/mol. The second-order valence-electron chi connectivity index (χ2n) is 5.38. The van der Waals surface area contributed by atoms with E-state index >= 15 is 0 Å². The number of aromatic nitrogens is 2. The quantitative estimate of drug-likeness (QED) is 0.816. The van der Waals surface area contributed by atoms with Gasteiger partial charge in [0.25, 0.3) is 11.5 Å². The highest BCUT2D eigenvalue weighted by molar-refractivity contribution is 6.21. The molecular formula is C12H18ClN3O2. The summed E-state index contributed by atoms with van der Waals surface area (Å²) >= 11 is 6.13. The number of amides is 1. The predicted octanol–water partition coefficient (Wildman–Crippen LogP) is 1.54. The Morgan fingerprint density at radius 2 is 2.17 bits per heavy atom. The molecule has 0 aliphatic rings. The molecule has 6 heteroatoms. The van der Waals surface area contributed by atoms with Crippen LogP contribution in [0.3, 0.4) is 0 Å². The van der Waals surface area contributed by atoms with Gasteiger partial charge in [0.15, 0.2) is 0 Å². The third kappa shape index (κ3) is 5.31. The number of carbonyl (C=O) groups is 1. The zero-order valence-electron chi connectivity index (χ0n) is 10.8. The molecule has 0 aliphatic heterocycles. The van der Waals surface area contributed by atoms with Gasteiger partial charge in [-0.05, 0) is 17.9 Å². The minimum atomic E-state index is -0.342. The van der Waals surface area contributed by atoms with E-state index in [0.29, 0.717) is 6.54 Å². The van der Waals surface area contributed by atoms with E-state index in [9.17, 15) is 9.59 Å². The topological polar surface area (TPSA) is 74.8 Å². The summed E-state index contributed by atoms with van der Waals surface area (Å²) in [6.45, 7) is 6.65. The summed E-state index contributed by atoms with van der Waals surface area (Å²) in [6, 6.07) is 2.64. The van der Waals surface area contributed by atoms with Gasteiger partial charge in [0.1, 0.15) is 5.69 Å². The number of carbonyl (C=O) groups excluding carboxylic acids is 1. The summed E-state index contributed by atoms with van der Waals surface area (Å²) in [4.78, 5) is 22.5. The number of hydrogen-bond acceptors (Lipinski definition) is 3. The van der Waals surface area contributed by atoms with E-state index in [-0.39, 0.29) is 28.0 Å². The van der Waals surface area contributed by atoms with Crippen molar-refractivity contribution in [2.75, 3.05) is 6.54 Å². The normalized spacial score (nSPS) is 13.1. The van der Waals surface area contributed by atoms with Gasteiger partial charge in [-0.15, -0.1) is 11.6 Å². The average molecular weight is 272 g/mol. The maximum atomic E-state index is 11.7. The van der Waals surface area contributed by atoms with E-state index in [4.69, 9.17) is 11.6 Å². The van der Waals surface area contributed by atoms with E-state index in [1.165, 1.54) is 12.1 Å². The molecule has 1 aromatic heterocycles. The molecule has 0 fully saturated rings. The number of halogens is 1. The van der Waals surface area contributed by atoms with Crippen LogP contribution in [0.4, 0.5) is 0 Å². The molecule has 1 atom stereocenters. The molecule has 0 radical (unpaired) electrons. The first-order valence-electron chi connectivity index (χ1n) is 5.76. The van der Waals surface area contributed by atoms with Crippen LogP contribution < -0.4 is 10.9 Å². The number of nitrogens with one attached hydrogen (secondary N) is 2. The summed E-state index contributed by atoms with van der Waals surface area (Å²) in [5.41, 5.74) is -0.0448. The Bertz CT molecular complexity index is 445. The van der Waals surface area contributed by atoms with Gasteiger partial charge in [0.2, 0.25) is 0 Å². The van der Waals surface area contributed by atoms with E-state index < -0.39 is 0 Å². The Morgan fingerprint density at radius 3 is 2.67 bits per heavy atom. The Balaban J connectivity index is 2.46. The van der Waals surface area contributed by atoms with E-state index in [2.05, 4.69) is 36.3 Å². The molecule has 1 aromatic rings. The Labute approximate surface area is 111 Å². The highest BCUT2D eigenvalue weighted by atomic mass is 35.5. The van der Waals surface area contributed by atoms with Crippen LogP contribution in [0.25, 0.3) is 0 Å². The molecule has 1 unspecified atom stereocenters. The lowest BCUT2D eigenvalue weighted by Gasteiger charge is -2.21. The Hall–Kier alpha value is -1.36. The molecule has 0 aliphatic carbocycles. The second kappa shape index (κ2) is 6.00. The van der Waals surface area contributed by atoms with Crippen LogP contribution in [0.5, 0.6) is 0 Å². The molecule has 0 bridgehead atoms. The first-order chi connectivity index (χ1) is 8.28. The number of aromatic amines is 1. The summed E-state index contributed by atoms with van der Waals surface area (Å²) in [5, 5.41) is 8.40. The zero-order valence-corrected chi connectivity index (χ0v) is 11.5. The average Bonchev–Trinajstić information content (AvgIpc) is 2.24. The van der Waals surface area contributed by atoms with Gasteiger partial charge >= 0.3 is 0 Å². The maximum absolute atomic E-state index is 11.7. The van der Waals surface area contributed by atoms with Gasteiger partial charge in [-0.3, -0.25) is 9.59 Å². The lowest BCUT2D eigenvalue weighted by molar-refractivity contribution is 0.0946. The van der Waals surface area contributed by atoms with Crippen molar-refractivity contribution in [3.8, 4) is 0 Å². The molecule has 1 rings (SSSR count). The van der Waals surface area contributed by atoms with Gasteiger partial charge in [0.05, 0.1) is 5.38 Å². The third-order valence-electron chi connectivity index (χ3n) is 2.23. The minimum Gasteiger partial charge on any atom is -0.349 e. The van der Waals surface area contributed by atoms with Crippen LogP contribution in [0.15, 0.2) is 16.9 Å². The third-order valence-corrected chi connectivity index (χ3v) is 2.54. The van der Waals surface area contributed by atoms with Crippen LogP contribution in [-0.4, -0.2) is 28.0 Å². The Kier molecular flexibility index (Phi) is 4.90. The molecule has 2 N–H and O–H groups in total. The molecule has 1 amide bonds. The SMILES string of the molecule is CC(C)(C)CC(Cl)CNC(=O)c1ccc(=O)[nH]n1. The molecular weight excluding hydrogens is 254 g/mol. The Morgan fingerprint density at radius 1 is 1.50 bits per heavy atom. The fourth-order valence-corrected chi connectivity index (χ4v) is 2.04. The fourth-order valence-electron chi connectivity index (χ4n) is 1.50. The van der Waals surface area contributed by atoms with E-state index in [1.54, 1.807) is 0 Å².